The first-order chi connectivity index (χ1) is 9.31. The van der Waals surface area contributed by atoms with Gasteiger partial charge in [-0.15, -0.1) is 11.3 Å². The van der Waals surface area contributed by atoms with Gasteiger partial charge in [-0.3, -0.25) is 0 Å². The monoisotopic (exact) mass is 274 g/mol. The number of hydrogen-bond acceptors (Lipinski definition) is 3. The van der Waals surface area contributed by atoms with E-state index in [9.17, 15) is 0 Å². The van der Waals surface area contributed by atoms with Crippen LogP contribution in [0.25, 0.3) is 0 Å². The summed E-state index contributed by atoms with van der Waals surface area (Å²) in [7, 11) is 0. The van der Waals surface area contributed by atoms with Crippen LogP contribution >= 0.6 is 11.3 Å². The predicted octanol–water partition coefficient (Wildman–Crippen LogP) is 4.13. The number of nitrogens with zero attached hydrogens (tertiary/aromatic N) is 1. The third-order valence-electron chi connectivity index (χ3n) is 3.30. The molecule has 0 fully saturated rings. The molecule has 1 N–H and O–H groups in total. The molecule has 0 radical (unpaired) electrons. The van der Waals surface area contributed by atoms with Gasteiger partial charge in [0.2, 0.25) is 0 Å². The highest BCUT2D eigenvalue weighted by Crippen LogP contribution is 2.25. The van der Waals surface area contributed by atoms with E-state index in [1.165, 1.54) is 22.6 Å². The van der Waals surface area contributed by atoms with Crippen LogP contribution in [0.4, 0.5) is 0 Å². The predicted molar refractivity (Wildman–Crippen MR) is 82.6 cm³/mol. The van der Waals surface area contributed by atoms with E-state index in [0.29, 0.717) is 6.04 Å². The maximum Gasteiger partial charge on any atom is 0.0798 e. The largest absolute Gasteiger partial charge is 0.309 e. The highest BCUT2D eigenvalue weighted by molar-refractivity contribution is 7.09. The van der Waals surface area contributed by atoms with E-state index in [0.717, 1.165) is 19.4 Å². The quantitative estimate of drug-likeness (QED) is 0.821. The van der Waals surface area contributed by atoms with Crippen molar-refractivity contribution in [3.05, 3.63) is 52.0 Å². The molecule has 2 nitrogen and oxygen atoms in total. The maximum atomic E-state index is 4.38. The van der Waals surface area contributed by atoms with E-state index < -0.39 is 0 Å². The summed E-state index contributed by atoms with van der Waals surface area (Å²) < 4.78 is 0. The zero-order valence-electron chi connectivity index (χ0n) is 11.7. The lowest BCUT2D eigenvalue weighted by atomic mass is 10.0. The summed E-state index contributed by atoms with van der Waals surface area (Å²) in [5.41, 5.74) is 4.54. The van der Waals surface area contributed by atoms with Crippen molar-refractivity contribution in [2.24, 2.45) is 0 Å². The van der Waals surface area contributed by atoms with Gasteiger partial charge < -0.3 is 5.32 Å². The van der Waals surface area contributed by atoms with Crippen LogP contribution in [0, 0.1) is 6.92 Å². The normalized spacial score (nSPS) is 12.5. The summed E-state index contributed by atoms with van der Waals surface area (Å²) in [5.74, 6) is 0. The van der Waals surface area contributed by atoms with Gasteiger partial charge in [0, 0.05) is 10.9 Å². The molecule has 0 aliphatic carbocycles. The van der Waals surface area contributed by atoms with E-state index >= 15 is 0 Å². The SMILES string of the molecule is CCCNC(CCc1ccccc1)c1scnc1C. The number of aromatic nitrogens is 1. The molecule has 1 aromatic carbocycles. The fourth-order valence-corrected chi connectivity index (χ4v) is 3.16. The minimum absolute atomic E-state index is 0.438. The second-order valence-corrected chi connectivity index (χ2v) is 5.72. The smallest absolute Gasteiger partial charge is 0.0798 e. The first kappa shape index (κ1) is 14.2. The highest BCUT2D eigenvalue weighted by Gasteiger charge is 2.15. The molecule has 1 atom stereocenters. The van der Waals surface area contributed by atoms with Crippen molar-refractivity contribution in [2.45, 2.75) is 39.2 Å². The van der Waals surface area contributed by atoms with Gasteiger partial charge in [0.05, 0.1) is 11.2 Å². The van der Waals surface area contributed by atoms with Crippen LogP contribution in [-0.4, -0.2) is 11.5 Å². The van der Waals surface area contributed by atoms with Crippen molar-refractivity contribution in [3.8, 4) is 0 Å². The topological polar surface area (TPSA) is 24.9 Å². The molecule has 0 aliphatic rings. The lowest BCUT2D eigenvalue weighted by Crippen LogP contribution is -2.22. The van der Waals surface area contributed by atoms with Crippen LogP contribution in [0.1, 0.15) is 41.9 Å². The van der Waals surface area contributed by atoms with Crippen molar-refractivity contribution < 1.29 is 0 Å². The standard InChI is InChI=1S/C16H22N2S/c1-3-11-17-15(16-13(2)18-12-19-16)10-9-14-7-5-4-6-8-14/h4-8,12,15,17H,3,9-11H2,1-2H3. The molecule has 0 aliphatic heterocycles. The second-order valence-electron chi connectivity index (χ2n) is 4.83. The molecule has 3 heteroatoms. The molecule has 2 aromatic rings. The highest BCUT2D eigenvalue weighted by atomic mass is 32.1. The van der Waals surface area contributed by atoms with Gasteiger partial charge in [-0.25, -0.2) is 4.98 Å². The fourth-order valence-electron chi connectivity index (χ4n) is 2.25. The molecule has 19 heavy (non-hydrogen) atoms. The van der Waals surface area contributed by atoms with Crippen LogP contribution < -0.4 is 5.32 Å². The molecule has 0 saturated heterocycles. The number of hydrogen-bond donors (Lipinski definition) is 1. The summed E-state index contributed by atoms with van der Waals surface area (Å²) in [6.45, 7) is 5.38. The molecule has 0 spiro atoms. The Bertz CT molecular complexity index is 479. The summed E-state index contributed by atoms with van der Waals surface area (Å²) in [6, 6.07) is 11.1. The van der Waals surface area contributed by atoms with Gasteiger partial charge in [-0.1, -0.05) is 37.3 Å². The van der Waals surface area contributed by atoms with Gasteiger partial charge in [0.1, 0.15) is 0 Å². The molecule has 0 bridgehead atoms. The number of aryl methyl sites for hydroxylation is 2. The van der Waals surface area contributed by atoms with E-state index in [1.54, 1.807) is 11.3 Å². The Kier molecular flexibility index (Phi) is 5.55. The average molecular weight is 274 g/mol. The van der Waals surface area contributed by atoms with Crippen molar-refractivity contribution in [1.82, 2.24) is 10.3 Å². The minimum Gasteiger partial charge on any atom is -0.309 e. The Hall–Kier alpha value is -1.19. The minimum atomic E-state index is 0.438. The molecule has 1 heterocycles. The third kappa shape index (κ3) is 4.15. The lowest BCUT2D eigenvalue weighted by molar-refractivity contribution is 0.503. The van der Waals surface area contributed by atoms with Crippen molar-refractivity contribution in [3.63, 3.8) is 0 Å². The Balaban J connectivity index is 2.00. The fraction of sp³-hybridized carbons (Fsp3) is 0.438. The van der Waals surface area contributed by atoms with Crippen molar-refractivity contribution in [1.29, 1.82) is 0 Å². The molecule has 0 amide bonds. The molecular weight excluding hydrogens is 252 g/mol. The van der Waals surface area contributed by atoms with E-state index in [-0.39, 0.29) is 0 Å². The summed E-state index contributed by atoms with van der Waals surface area (Å²) >= 11 is 1.77. The van der Waals surface area contributed by atoms with E-state index in [2.05, 4.69) is 54.5 Å². The Morgan fingerprint density at radius 3 is 2.68 bits per heavy atom. The van der Waals surface area contributed by atoms with Crippen molar-refractivity contribution in [2.75, 3.05) is 6.54 Å². The van der Waals surface area contributed by atoms with Crippen LogP contribution in [-0.2, 0) is 6.42 Å². The Morgan fingerprint density at radius 1 is 1.26 bits per heavy atom. The van der Waals surface area contributed by atoms with Gasteiger partial charge >= 0.3 is 0 Å². The van der Waals surface area contributed by atoms with Crippen LogP contribution in [0.3, 0.4) is 0 Å². The molecule has 0 saturated carbocycles. The van der Waals surface area contributed by atoms with Crippen molar-refractivity contribution >= 4 is 11.3 Å². The summed E-state index contributed by atoms with van der Waals surface area (Å²) in [5, 5.41) is 3.65. The first-order valence-corrected chi connectivity index (χ1v) is 7.86. The zero-order chi connectivity index (χ0) is 13.5. The number of rotatable bonds is 7. The zero-order valence-corrected chi connectivity index (χ0v) is 12.5. The number of thiazole rings is 1. The number of nitrogens with one attached hydrogen (secondary N) is 1. The second kappa shape index (κ2) is 7.41. The van der Waals surface area contributed by atoms with E-state index in [1.807, 2.05) is 5.51 Å². The lowest BCUT2D eigenvalue weighted by Gasteiger charge is -2.17. The maximum absolute atomic E-state index is 4.38. The Morgan fingerprint density at radius 2 is 2.05 bits per heavy atom. The number of benzene rings is 1. The Labute approximate surface area is 119 Å². The van der Waals surface area contributed by atoms with Gasteiger partial charge in [-0.05, 0) is 38.3 Å². The summed E-state index contributed by atoms with van der Waals surface area (Å²) in [6.07, 6.45) is 3.41. The first-order valence-electron chi connectivity index (χ1n) is 6.98. The van der Waals surface area contributed by atoms with Gasteiger partial charge in [0.15, 0.2) is 0 Å². The van der Waals surface area contributed by atoms with E-state index in [4.69, 9.17) is 0 Å². The molecular formula is C16H22N2S. The van der Waals surface area contributed by atoms with Crippen LogP contribution in [0.5, 0.6) is 0 Å². The van der Waals surface area contributed by atoms with Gasteiger partial charge in [0.25, 0.3) is 0 Å². The molecule has 1 aromatic heterocycles. The molecule has 102 valence electrons. The van der Waals surface area contributed by atoms with Crippen LogP contribution in [0.15, 0.2) is 35.8 Å². The van der Waals surface area contributed by atoms with Crippen LogP contribution in [0.2, 0.25) is 0 Å². The van der Waals surface area contributed by atoms with Gasteiger partial charge in [-0.2, -0.15) is 0 Å². The molecule has 2 rings (SSSR count). The average Bonchev–Trinajstić information content (AvgIpc) is 2.86. The molecule has 1 unspecified atom stereocenters. The third-order valence-corrected chi connectivity index (χ3v) is 4.35. The summed E-state index contributed by atoms with van der Waals surface area (Å²) in [4.78, 5) is 5.77.